The van der Waals surface area contributed by atoms with Crippen molar-refractivity contribution in [2.24, 2.45) is 0 Å². The molecule has 1 unspecified atom stereocenters. The molecule has 0 radical (unpaired) electrons. The summed E-state index contributed by atoms with van der Waals surface area (Å²) in [5.74, 6) is 0.703. The molecule has 0 saturated carbocycles. The summed E-state index contributed by atoms with van der Waals surface area (Å²) < 4.78 is 1.81. The predicted octanol–water partition coefficient (Wildman–Crippen LogP) is 1.76. The zero-order valence-corrected chi connectivity index (χ0v) is 11.3. The lowest BCUT2D eigenvalue weighted by molar-refractivity contribution is 0.0824. The predicted molar refractivity (Wildman–Crippen MR) is 79.9 cm³/mol. The second-order valence-corrected chi connectivity index (χ2v) is 4.89. The number of rotatable bonds is 4. The lowest BCUT2D eigenvalue weighted by Crippen LogP contribution is -2.20. The molecule has 5 heteroatoms. The van der Waals surface area contributed by atoms with Crippen LogP contribution in [0.1, 0.15) is 0 Å². The molecule has 1 aromatic heterocycles. The van der Waals surface area contributed by atoms with Crippen molar-refractivity contribution < 1.29 is 15.3 Å². The van der Waals surface area contributed by atoms with Crippen molar-refractivity contribution in [3.05, 3.63) is 48.5 Å². The Morgan fingerprint density at radius 2 is 1.76 bits per heavy atom. The summed E-state index contributed by atoms with van der Waals surface area (Å²) in [6.45, 7) is -0.118. The fourth-order valence-electron chi connectivity index (χ4n) is 2.40. The monoisotopic (exact) mass is 284 g/mol. The Morgan fingerprint density at radius 3 is 2.52 bits per heavy atom. The number of para-hydroxylation sites is 3. The number of benzene rings is 2. The standard InChI is InChI=1S/C16H16N2O3/c19-10-11(20)9-18-14-7-3-2-6-13(14)17-16(18)12-5-1-4-8-15(12)21/h1-8,11,19-21H,9-10H2. The van der Waals surface area contributed by atoms with Crippen molar-refractivity contribution in [2.45, 2.75) is 12.6 Å². The largest absolute Gasteiger partial charge is 0.507 e. The van der Waals surface area contributed by atoms with Gasteiger partial charge in [-0.1, -0.05) is 24.3 Å². The molecule has 0 aliphatic heterocycles. The highest BCUT2D eigenvalue weighted by molar-refractivity contribution is 5.81. The number of aliphatic hydroxyl groups excluding tert-OH is 2. The highest BCUT2D eigenvalue weighted by Crippen LogP contribution is 2.31. The van der Waals surface area contributed by atoms with Gasteiger partial charge in [-0.3, -0.25) is 0 Å². The summed E-state index contributed by atoms with van der Waals surface area (Å²) in [7, 11) is 0. The van der Waals surface area contributed by atoms with Gasteiger partial charge >= 0.3 is 0 Å². The molecule has 21 heavy (non-hydrogen) atoms. The maximum Gasteiger partial charge on any atom is 0.144 e. The van der Waals surface area contributed by atoms with Crippen LogP contribution in [-0.4, -0.2) is 37.6 Å². The van der Waals surface area contributed by atoms with Gasteiger partial charge in [0.25, 0.3) is 0 Å². The fraction of sp³-hybridized carbons (Fsp3) is 0.188. The summed E-state index contributed by atoms with van der Waals surface area (Å²) in [5, 5.41) is 28.9. The molecule has 0 spiro atoms. The first-order chi connectivity index (χ1) is 10.2. The Morgan fingerprint density at radius 1 is 1.05 bits per heavy atom. The van der Waals surface area contributed by atoms with E-state index in [-0.39, 0.29) is 18.9 Å². The molecule has 3 N–H and O–H groups in total. The smallest absolute Gasteiger partial charge is 0.144 e. The number of aromatic nitrogens is 2. The van der Waals surface area contributed by atoms with E-state index < -0.39 is 6.10 Å². The molecule has 108 valence electrons. The zero-order valence-electron chi connectivity index (χ0n) is 11.3. The van der Waals surface area contributed by atoms with Gasteiger partial charge in [0.15, 0.2) is 0 Å². The number of fused-ring (bicyclic) bond motifs is 1. The summed E-state index contributed by atoms with van der Waals surface area (Å²) in [6, 6.07) is 14.5. The van der Waals surface area contributed by atoms with Crippen molar-refractivity contribution in [3.63, 3.8) is 0 Å². The highest BCUT2D eigenvalue weighted by atomic mass is 16.3. The Kier molecular flexibility index (Phi) is 3.60. The number of phenolic OH excluding ortho intramolecular Hbond substituents is 1. The molecular weight excluding hydrogens is 268 g/mol. The van der Waals surface area contributed by atoms with Crippen LogP contribution in [0.25, 0.3) is 22.4 Å². The van der Waals surface area contributed by atoms with E-state index in [0.717, 1.165) is 11.0 Å². The van der Waals surface area contributed by atoms with Crippen molar-refractivity contribution in [1.29, 1.82) is 0 Å². The van der Waals surface area contributed by atoms with Crippen LogP contribution in [0.3, 0.4) is 0 Å². The van der Waals surface area contributed by atoms with Gasteiger partial charge in [-0.25, -0.2) is 4.98 Å². The third kappa shape index (κ3) is 2.49. The highest BCUT2D eigenvalue weighted by Gasteiger charge is 2.17. The Bertz CT molecular complexity index is 767. The number of hydrogen-bond acceptors (Lipinski definition) is 4. The Balaban J connectivity index is 2.21. The minimum Gasteiger partial charge on any atom is -0.507 e. The first-order valence-corrected chi connectivity index (χ1v) is 6.73. The van der Waals surface area contributed by atoms with Gasteiger partial charge in [0.1, 0.15) is 11.6 Å². The SMILES string of the molecule is OCC(O)Cn1c(-c2ccccc2O)nc2ccccc21. The van der Waals surface area contributed by atoms with Gasteiger partial charge in [-0.2, -0.15) is 0 Å². The van der Waals surface area contributed by atoms with Gasteiger partial charge in [-0.15, -0.1) is 0 Å². The molecule has 0 aliphatic carbocycles. The molecule has 1 atom stereocenters. The maximum absolute atomic E-state index is 10.0. The van der Waals surface area contributed by atoms with E-state index in [9.17, 15) is 10.2 Å². The third-order valence-corrected chi connectivity index (χ3v) is 3.40. The van der Waals surface area contributed by atoms with Crippen LogP contribution in [0.2, 0.25) is 0 Å². The first kappa shape index (κ1) is 13.6. The summed E-state index contributed by atoms with van der Waals surface area (Å²) in [5.41, 5.74) is 2.22. The second kappa shape index (κ2) is 5.55. The van der Waals surface area contributed by atoms with Crippen LogP contribution < -0.4 is 0 Å². The molecule has 2 aromatic carbocycles. The van der Waals surface area contributed by atoms with Gasteiger partial charge in [0, 0.05) is 0 Å². The summed E-state index contributed by atoms with van der Waals surface area (Å²) in [4.78, 5) is 4.54. The lowest BCUT2D eigenvalue weighted by Gasteiger charge is -2.13. The van der Waals surface area contributed by atoms with E-state index in [4.69, 9.17) is 5.11 Å². The molecule has 0 amide bonds. The quantitative estimate of drug-likeness (QED) is 0.682. The van der Waals surface area contributed by atoms with E-state index in [1.165, 1.54) is 0 Å². The van der Waals surface area contributed by atoms with E-state index >= 15 is 0 Å². The first-order valence-electron chi connectivity index (χ1n) is 6.73. The molecule has 0 fully saturated rings. The second-order valence-electron chi connectivity index (χ2n) is 4.89. The number of aromatic hydroxyl groups is 1. The molecule has 0 bridgehead atoms. The lowest BCUT2D eigenvalue weighted by atomic mass is 10.2. The summed E-state index contributed by atoms with van der Waals surface area (Å²) in [6.07, 6.45) is -0.882. The van der Waals surface area contributed by atoms with E-state index in [2.05, 4.69) is 4.98 Å². The summed E-state index contributed by atoms with van der Waals surface area (Å²) >= 11 is 0. The minimum atomic E-state index is -0.882. The van der Waals surface area contributed by atoms with E-state index in [0.29, 0.717) is 11.4 Å². The normalized spacial score (nSPS) is 12.7. The van der Waals surface area contributed by atoms with E-state index in [1.54, 1.807) is 18.2 Å². The van der Waals surface area contributed by atoms with Crippen LogP contribution in [-0.2, 0) is 6.54 Å². The Labute approximate surface area is 121 Å². The minimum absolute atomic E-state index is 0.132. The van der Waals surface area contributed by atoms with Crippen molar-refractivity contribution in [2.75, 3.05) is 6.61 Å². The molecular formula is C16H16N2O3. The zero-order chi connectivity index (χ0) is 14.8. The number of hydrogen-bond donors (Lipinski definition) is 3. The number of phenols is 1. The third-order valence-electron chi connectivity index (χ3n) is 3.40. The number of imidazole rings is 1. The molecule has 3 rings (SSSR count). The van der Waals surface area contributed by atoms with Crippen LogP contribution in [0, 0.1) is 0 Å². The van der Waals surface area contributed by atoms with Crippen LogP contribution in [0.5, 0.6) is 5.75 Å². The average molecular weight is 284 g/mol. The molecule has 0 saturated heterocycles. The van der Waals surface area contributed by atoms with Gasteiger partial charge < -0.3 is 19.9 Å². The van der Waals surface area contributed by atoms with Gasteiger partial charge in [0.05, 0.1) is 35.9 Å². The number of nitrogens with zero attached hydrogens (tertiary/aromatic N) is 2. The molecule has 1 heterocycles. The molecule has 5 nitrogen and oxygen atoms in total. The number of aliphatic hydroxyl groups is 2. The van der Waals surface area contributed by atoms with Crippen molar-refractivity contribution in [1.82, 2.24) is 9.55 Å². The van der Waals surface area contributed by atoms with Gasteiger partial charge in [-0.05, 0) is 24.3 Å². The maximum atomic E-state index is 10.0. The van der Waals surface area contributed by atoms with Gasteiger partial charge in [0.2, 0.25) is 0 Å². The average Bonchev–Trinajstić information content (AvgIpc) is 2.86. The topological polar surface area (TPSA) is 78.5 Å². The Hall–Kier alpha value is -2.37. The van der Waals surface area contributed by atoms with Crippen molar-refractivity contribution >= 4 is 11.0 Å². The van der Waals surface area contributed by atoms with Crippen LogP contribution in [0.4, 0.5) is 0 Å². The fourth-order valence-corrected chi connectivity index (χ4v) is 2.40. The van der Waals surface area contributed by atoms with Crippen LogP contribution in [0.15, 0.2) is 48.5 Å². The molecule has 3 aromatic rings. The van der Waals surface area contributed by atoms with Crippen molar-refractivity contribution in [3.8, 4) is 17.1 Å². The van der Waals surface area contributed by atoms with Crippen LogP contribution >= 0.6 is 0 Å². The van der Waals surface area contributed by atoms with E-state index in [1.807, 2.05) is 34.9 Å². The molecule has 0 aliphatic rings.